The Morgan fingerprint density at radius 1 is 1.03 bits per heavy atom. The van der Waals surface area contributed by atoms with Gasteiger partial charge in [-0.2, -0.15) is 18.3 Å². The second-order valence-corrected chi connectivity index (χ2v) is 7.67. The number of hydrazone groups is 1. The summed E-state index contributed by atoms with van der Waals surface area (Å²) in [5.41, 5.74) is 3.13. The summed E-state index contributed by atoms with van der Waals surface area (Å²) in [7, 11) is 0. The summed E-state index contributed by atoms with van der Waals surface area (Å²) in [4.78, 5) is 11.9. The summed E-state index contributed by atoms with van der Waals surface area (Å²) in [5.74, 6) is 0.0518. The van der Waals surface area contributed by atoms with E-state index in [-0.39, 0.29) is 18.8 Å². The van der Waals surface area contributed by atoms with Gasteiger partial charge in [-0.25, -0.2) is 5.43 Å². The predicted molar refractivity (Wildman–Crippen MR) is 123 cm³/mol. The third kappa shape index (κ3) is 7.69. The molecule has 0 radical (unpaired) electrons. The van der Waals surface area contributed by atoms with Gasteiger partial charge in [0.15, 0.2) is 0 Å². The fourth-order valence-corrected chi connectivity index (χ4v) is 3.15. The lowest BCUT2D eigenvalue weighted by molar-refractivity contribution is -0.137. The molecule has 3 rings (SSSR count). The Hall–Kier alpha value is -3.23. The Morgan fingerprint density at radius 3 is 2.58 bits per heavy atom. The largest absolute Gasteiger partial charge is 0.489 e. The minimum atomic E-state index is -4.45. The molecule has 0 aliphatic carbocycles. The number of hydrogen-bond donors (Lipinski definition) is 2. The lowest BCUT2D eigenvalue weighted by atomic mass is 10.2. The zero-order chi connectivity index (χ0) is 23.8. The van der Waals surface area contributed by atoms with E-state index in [1.807, 2.05) is 0 Å². The fourth-order valence-electron chi connectivity index (χ4n) is 2.69. The molecule has 0 bridgehead atoms. The minimum Gasteiger partial charge on any atom is -0.489 e. The first-order chi connectivity index (χ1) is 15.7. The SMILES string of the molecule is O=C(CNc1cccc(C(F)(F)F)c1)N/N=C\c1cccc(OCc2ccc(Cl)cc2Cl)c1. The normalized spacial score (nSPS) is 11.4. The van der Waals surface area contributed by atoms with Crippen LogP contribution in [0.5, 0.6) is 5.75 Å². The van der Waals surface area contributed by atoms with Crippen LogP contribution in [0.25, 0.3) is 0 Å². The number of benzene rings is 3. The molecule has 0 aliphatic rings. The van der Waals surface area contributed by atoms with Crippen LogP contribution in [0.4, 0.5) is 18.9 Å². The summed E-state index contributed by atoms with van der Waals surface area (Å²) in [6.45, 7) is -0.00179. The van der Waals surface area contributed by atoms with Gasteiger partial charge in [-0.1, -0.05) is 47.5 Å². The van der Waals surface area contributed by atoms with Gasteiger partial charge in [-0.05, 0) is 48.0 Å². The molecule has 0 aliphatic heterocycles. The standard InChI is InChI=1S/C23H18Cl2F3N3O2/c24-18-8-7-16(21(25)11-18)14-33-20-6-1-3-15(9-20)12-30-31-22(32)13-29-19-5-2-4-17(10-19)23(26,27)28/h1-12,29H,13-14H2,(H,31,32)/b30-12-. The van der Waals surface area contributed by atoms with Gasteiger partial charge in [0.1, 0.15) is 12.4 Å². The van der Waals surface area contributed by atoms with Gasteiger partial charge in [0.25, 0.3) is 5.91 Å². The number of nitrogens with one attached hydrogen (secondary N) is 2. The number of carbonyl (C=O) groups is 1. The highest BCUT2D eigenvalue weighted by molar-refractivity contribution is 6.35. The molecule has 3 aromatic rings. The van der Waals surface area contributed by atoms with E-state index in [0.29, 0.717) is 21.4 Å². The minimum absolute atomic E-state index is 0.176. The number of rotatable bonds is 8. The Morgan fingerprint density at radius 2 is 1.82 bits per heavy atom. The summed E-state index contributed by atoms with van der Waals surface area (Å²) >= 11 is 12.0. The van der Waals surface area contributed by atoms with Crippen molar-refractivity contribution in [1.82, 2.24) is 5.43 Å². The van der Waals surface area contributed by atoms with Crippen LogP contribution in [0.1, 0.15) is 16.7 Å². The topological polar surface area (TPSA) is 62.7 Å². The average molecular weight is 496 g/mol. The summed E-state index contributed by atoms with van der Waals surface area (Å²) < 4.78 is 44.0. The Balaban J connectivity index is 1.49. The van der Waals surface area contributed by atoms with Gasteiger partial charge < -0.3 is 10.1 Å². The van der Waals surface area contributed by atoms with Gasteiger partial charge in [0, 0.05) is 21.3 Å². The highest BCUT2D eigenvalue weighted by Crippen LogP contribution is 2.30. The number of nitrogens with zero attached hydrogens (tertiary/aromatic N) is 1. The zero-order valence-corrected chi connectivity index (χ0v) is 18.5. The van der Waals surface area contributed by atoms with Crippen molar-refractivity contribution in [2.24, 2.45) is 5.10 Å². The van der Waals surface area contributed by atoms with E-state index in [9.17, 15) is 18.0 Å². The van der Waals surface area contributed by atoms with Crippen LogP contribution in [0.2, 0.25) is 10.0 Å². The van der Waals surface area contributed by atoms with E-state index in [1.54, 1.807) is 42.5 Å². The summed E-state index contributed by atoms with van der Waals surface area (Å²) in [5, 5.41) is 7.53. The Kier molecular flexibility index (Phi) is 8.19. The molecule has 5 nitrogen and oxygen atoms in total. The van der Waals surface area contributed by atoms with E-state index in [4.69, 9.17) is 27.9 Å². The summed E-state index contributed by atoms with van der Waals surface area (Å²) in [6, 6.07) is 16.7. The van der Waals surface area contributed by atoms with Crippen LogP contribution in [-0.2, 0) is 17.6 Å². The summed E-state index contributed by atoms with van der Waals surface area (Å²) in [6.07, 6.45) is -3.03. The predicted octanol–water partition coefficient (Wildman–Crippen LogP) is 6.15. The van der Waals surface area contributed by atoms with Gasteiger partial charge in [0.05, 0.1) is 18.3 Å². The van der Waals surface area contributed by atoms with Gasteiger partial charge in [-0.3, -0.25) is 4.79 Å². The first-order valence-electron chi connectivity index (χ1n) is 9.60. The van der Waals surface area contributed by atoms with Crippen LogP contribution in [0, 0.1) is 0 Å². The third-order valence-corrected chi connectivity index (χ3v) is 4.90. The van der Waals surface area contributed by atoms with Gasteiger partial charge >= 0.3 is 6.18 Å². The molecule has 0 heterocycles. The number of alkyl halides is 3. The maximum atomic E-state index is 12.7. The molecule has 0 spiro atoms. The van der Waals surface area contributed by atoms with Crippen molar-refractivity contribution >= 4 is 41.0 Å². The molecule has 33 heavy (non-hydrogen) atoms. The highest BCUT2D eigenvalue weighted by Gasteiger charge is 2.30. The molecular formula is C23H18Cl2F3N3O2. The molecule has 0 unspecified atom stereocenters. The number of carbonyl (C=O) groups excluding carboxylic acids is 1. The molecule has 0 aromatic heterocycles. The molecule has 0 atom stereocenters. The van der Waals surface area contributed by atoms with Crippen LogP contribution in [-0.4, -0.2) is 18.7 Å². The molecule has 10 heteroatoms. The van der Waals surface area contributed by atoms with E-state index < -0.39 is 17.6 Å². The molecule has 3 aromatic carbocycles. The number of ether oxygens (including phenoxy) is 1. The van der Waals surface area contributed by atoms with Crippen LogP contribution in [0.3, 0.4) is 0 Å². The monoisotopic (exact) mass is 495 g/mol. The molecule has 1 amide bonds. The fraction of sp³-hybridized carbons (Fsp3) is 0.130. The van der Waals surface area contributed by atoms with Crippen LogP contribution in [0.15, 0.2) is 71.8 Å². The quantitative estimate of drug-likeness (QED) is 0.290. The molecular weight excluding hydrogens is 478 g/mol. The van der Waals surface area contributed by atoms with Crippen molar-refractivity contribution in [3.8, 4) is 5.75 Å². The van der Waals surface area contributed by atoms with Crippen LogP contribution >= 0.6 is 23.2 Å². The molecule has 0 saturated carbocycles. The van der Waals surface area contributed by atoms with E-state index in [0.717, 1.165) is 17.7 Å². The number of halogens is 5. The van der Waals surface area contributed by atoms with Gasteiger partial charge in [0.2, 0.25) is 0 Å². The molecule has 0 saturated heterocycles. The number of hydrogen-bond acceptors (Lipinski definition) is 4. The van der Waals surface area contributed by atoms with E-state index in [2.05, 4.69) is 15.8 Å². The number of amides is 1. The maximum absolute atomic E-state index is 12.7. The van der Waals surface area contributed by atoms with Crippen molar-refractivity contribution in [2.45, 2.75) is 12.8 Å². The first-order valence-corrected chi connectivity index (χ1v) is 10.4. The van der Waals surface area contributed by atoms with E-state index >= 15 is 0 Å². The second kappa shape index (κ2) is 11.1. The van der Waals surface area contributed by atoms with Crippen molar-refractivity contribution in [1.29, 1.82) is 0 Å². The molecule has 2 N–H and O–H groups in total. The number of anilines is 1. The van der Waals surface area contributed by atoms with Crippen molar-refractivity contribution in [3.05, 3.63) is 93.5 Å². The molecule has 172 valence electrons. The second-order valence-electron chi connectivity index (χ2n) is 6.82. The first kappa shape index (κ1) is 24.4. The van der Waals surface area contributed by atoms with Crippen molar-refractivity contribution in [3.63, 3.8) is 0 Å². The Bertz CT molecular complexity index is 1150. The molecule has 0 fully saturated rings. The smallest absolute Gasteiger partial charge is 0.416 e. The van der Waals surface area contributed by atoms with E-state index in [1.165, 1.54) is 18.3 Å². The lowest BCUT2D eigenvalue weighted by Crippen LogP contribution is -2.26. The zero-order valence-electron chi connectivity index (χ0n) is 17.0. The third-order valence-electron chi connectivity index (χ3n) is 4.31. The Labute approximate surface area is 198 Å². The lowest BCUT2D eigenvalue weighted by Gasteiger charge is -2.10. The average Bonchev–Trinajstić information content (AvgIpc) is 2.77. The van der Waals surface area contributed by atoms with Crippen LogP contribution < -0.4 is 15.5 Å². The highest BCUT2D eigenvalue weighted by atomic mass is 35.5. The van der Waals surface area contributed by atoms with Crippen molar-refractivity contribution < 1.29 is 22.7 Å². The van der Waals surface area contributed by atoms with Gasteiger partial charge in [-0.15, -0.1) is 0 Å². The van der Waals surface area contributed by atoms with Crippen molar-refractivity contribution in [2.75, 3.05) is 11.9 Å². The maximum Gasteiger partial charge on any atom is 0.416 e.